The maximum absolute atomic E-state index is 5.71. The summed E-state index contributed by atoms with van der Waals surface area (Å²) in [6, 6.07) is 10.7. The maximum atomic E-state index is 5.71. The van der Waals surface area contributed by atoms with E-state index in [1.165, 1.54) is 23.7 Å². The summed E-state index contributed by atoms with van der Waals surface area (Å²) >= 11 is 0. The molecule has 0 aliphatic heterocycles. The van der Waals surface area contributed by atoms with E-state index in [0.717, 1.165) is 51.1 Å². The number of ether oxygens (including phenoxy) is 1. The molecular formula is C20H31IN4O. The lowest BCUT2D eigenvalue weighted by atomic mass is 10.2. The minimum Gasteiger partial charge on any atom is -0.379 e. The quantitative estimate of drug-likeness (QED) is 0.264. The SMILES string of the molecule is CN=C(NCCCn1ccc2ccccc21)N(C)CCOCC1CC1.I. The zero-order chi connectivity index (χ0) is 17.5. The van der Waals surface area contributed by atoms with E-state index in [4.69, 9.17) is 4.74 Å². The van der Waals surface area contributed by atoms with Gasteiger partial charge < -0.3 is 19.5 Å². The number of fused-ring (bicyclic) bond motifs is 1. The van der Waals surface area contributed by atoms with E-state index in [0.29, 0.717) is 0 Å². The van der Waals surface area contributed by atoms with Crippen LogP contribution in [0.15, 0.2) is 41.5 Å². The molecule has 6 heteroatoms. The van der Waals surface area contributed by atoms with E-state index < -0.39 is 0 Å². The first-order valence-corrected chi connectivity index (χ1v) is 9.31. The van der Waals surface area contributed by atoms with E-state index in [9.17, 15) is 0 Å². The number of benzene rings is 1. The van der Waals surface area contributed by atoms with Crippen LogP contribution in [0.25, 0.3) is 10.9 Å². The topological polar surface area (TPSA) is 41.8 Å². The molecule has 1 aromatic carbocycles. The fourth-order valence-corrected chi connectivity index (χ4v) is 3.01. The molecule has 1 aliphatic rings. The van der Waals surface area contributed by atoms with Gasteiger partial charge in [-0.15, -0.1) is 24.0 Å². The Labute approximate surface area is 173 Å². The van der Waals surface area contributed by atoms with Crippen LogP contribution in [-0.4, -0.2) is 55.8 Å². The largest absolute Gasteiger partial charge is 0.379 e. The molecule has 0 atom stereocenters. The normalized spacial score (nSPS) is 14.3. The molecule has 3 rings (SSSR count). The Balaban J connectivity index is 0.00000243. The number of halogens is 1. The third kappa shape index (κ3) is 6.16. The second-order valence-corrected chi connectivity index (χ2v) is 6.84. The lowest BCUT2D eigenvalue weighted by Gasteiger charge is -2.22. The molecule has 2 aromatic rings. The van der Waals surface area contributed by atoms with Gasteiger partial charge in [-0.25, -0.2) is 0 Å². The first-order chi connectivity index (χ1) is 12.3. The van der Waals surface area contributed by atoms with E-state index in [2.05, 4.69) is 63.4 Å². The van der Waals surface area contributed by atoms with Crippen molar-refractivity contribution in [1.29, 1.82) is 0 Å². The summed E-state index contributed by atoms with van der Waals surface area (Å²) in [5.41, 5.74) is 1.30. The summed E-state index contributed by atoms with van der Waals surface area (Å²) in [6.45, 7) is 4.47. The Hall–Kier alpha value is -1.28. The summed E-state index contributed by atoms with van der Waals surface area (Å²) in [4.78, 5) is 6.50. The molecule has 5 nitrogen and oxygen atoms in total. The minimum absolute atomic E-state index is 0. The summed E-state index contributed by atoms with van der Waals surface area (Å²) in [7, 11) is 3.90. The van der Waals surface area contributed by atoms with Gasteiger partial charge in [0.15, 0.2) is 5.96 Å². The highest BCUT2D eigenvalue weighted by Gasteiger charge is 2.21. The predicted octanol–water partition coefficient (Wildman–Crippen LogP) is 3.58. The Morgan fingerprint density at radius 1 is 1.31 bits per heavy atom. The van der Waals surface area contributed by atoms with Crippen LogP contribution in [0.4, 0.5) is 0 Å². The first kappa shape index (κ1) is 21.0. The van der Waals surface area contributed by atoms with Crippen molar-refractivity contribution in [2.45, 2.75) is 25.8 Å². The molecule has 0 saturated heterocycles. The molecule has 1 fully saturated rings. The van der Waals surface area contributed by atoms with Gasteiger partial charge in [0.05, 0.1) is 6.61 Å². The number of aryl methyl sites for hydroxylation is 1. The molecular weight excluding hydrogens is 439 g/mol. The molecule has 0 unspecified atom stereocenters. The van der Waals surface area contributed by atoms with Crippen LogP contribution in [0.5, 0.6) is 0 Å². The predicted molar refractivity (Wildman–Crippen MR) is 120 cm³/mol. The second kappa shape index (κ2) is 10.8. The molecule has 1 saturated carbocycles. The Morgan fingerprint density at radius 3 is 2.88 bits per heavy atom. The number of likely N-dealkylation sites (N-methyl/N-ethyl adjacent to an activating group) is 1. The molecule has 0 spiro atoms. The first-order valence-electron chi connectivity index (χ1n) is 9.31. The van der Waals surface area contributed by atoms with Gasteiger partial charge >= 0.3 is 0 Å². The van der Waals surface area contributed by atoms with E-state index >= 15 is 0 Å². The molecule has 26 heavy (non-hydrogen) atoms. The zero-order valence-corrected chi connectivity index (χ0v) is 18.2. The number of hydrogen-bond acceptors (Lipinski definition) is 2. The molecule has 0 radical (unpaired) electrons. The van der Waals surface area contributed by atoms with Crippen molar-refractivity contribution in [1.82, 2.24) is 14.8 Å². The zero-order valence-electron chi connectivity index (χ0n) is 15.9. The maximum Gasteiger partial charge on any atom is 0.193 e. The number of hydrogen-bond donors (Lipinski definition) is 1. The molecule has 0 amide bonds. The van der Waals surface area contributed by atoms with Crippen molar-refractivity contribution < 1.29 is 4.74 Å². The number of nitrogens with one attached hydrogen (secondary N) is 1. The van der Waals surface area contributed by atoms with Crippen molar-refractivity contribution in [3.05, 3.63) is 36.5 Å². The molecule has 1 heterocycles. The summed E-state index contributed by atoms with van der Waals surface area (Å²) < 4.78 is 8.03. The Bertz CT molecular complexity index is 696. The number of guanidine groups is 1. The minimum atomic E-state index is 0. The summed E-state index contributed by atoms with van der Waals surface area (Å²) in [6.07, 6.45) is 5.91. The van der Waals surface area contributed by atoms with Crippen molar-refractivity contribution >= 4 is 40.8 Å². The van der Waals surface area contributed by atoms with Gasteiger partial charge in [-0.3, -0.25) is 4.99 Å². The molecule has 1 aliphatic carbocycles. The number of rotatable bonds is 9. The van der Waals surface area contributed by atoms with Gasteiger partial charge in [0.1, 0.15) is 0 Å². The van der Waals surface area contributed by atoms with Crippen LogP contribution < -0.4 is 5.32 Å². The standard InChI is InChI=1S/C20H30N4O.HI/c1-21-20(23(2)14-15-25-16-17-8-9-17)22-11-5-12-24-13-10-18-6-3-4-7-19(18)24;/h3-4,6-7,10,13,17H,5,8-9,11-12,14-16H2,1-2H3,(H,21,22);1H. The third-order valence-electron chi connectivity index (χ3n) is 4.73. The number of aliphatic imine (C=N–C) groups is 1. The number of aromatic nitrogens is 1. The van der Waals surface area contributed by atoms with E-state index in [-0.39, 0.29) is 24.0 Å². The van der Waals surface area contributed by atoms with Crippen molar-refractivity contribution in [2.75, 3.05) is 40.4 Å². The highest BCUT2D eigenvalue weighted by atomic mass is 127. The van der Waals surface area contributed by atoms with Crippen LogP contribution in [0.1, 0.15) is 19.3 Å². The Morgan fingerprint density at radius 2 is 2.12 bits per heavy atom. The van der Waals surface area contributed by atoms with Crippen LogP contribution in [0.3, 0.4) is 0 Å². The van der Waals surface area contributed by atoms with Crippen LogP contribution in [-0.2, 0) is 11.3 Å². The molecule has 0 bridgehead atoms. The fourth-order valence-electron chi connectivity index (χ4n) is 3.01. The summed E-state index contributed by atoms with van der Waals surface area (Å²) in [5.74, 6) is 1.76. The van der Waals surface area contributed by atoms with Gasteiger partial charge in [-0.1, -0.05) is 18.2 Å². The van der Waals surface area contributed by atoms with Crippen LogP contribution >= 0.6 is 24.0 Å². The van der Waals surface area contributed by atoms with Crippen LogP contribution in [0, 0.1) is 5.92 Å². The van der Waals surface area contributed by atoms with Gasteiger partial charge in [0, 0.05) is 52.1 Å². The molecule has 1 aromatic heterocycles. The molecule has 1 N–H and O–H groups in total. The van der Waals surface area contributed by atoms with Crippen LogP contribution in [0.2, 0.25) is 0 Å². The van der Waals surface area contributed by atoms with Gasteiger partial charge in [0.25, 0.3) is 0 Å². The average molecular weight is 470 g/mol. The highest BCUT2D eigenvalue weighted by molar-refractivity contribution is 14.0. The van der Waals surface area contributed by atoms with E-state index in [1.807, 2.05) is 7.05 Å². The van der Waals surface area contributed by atoms with Crippen molar-refractivity contribution in [3.8, 4) is 0 Å². The number of nitrogens with zero attached hydrogens (tertiary/aromatic N) is 3. The van der Waals surface area contributed by atoms with Gasteiger partial charge in [-0.05, 0) is 42.7 Å². The average Bonchev–Trinajstić information content (AvgIpc) is 3.37. The van der Waals surface area contributed by atoms with E-state index in [1.54, 1.807) is 0 Å². The third-order valence-corrected chi connectivity index (χ3v) is 4.73. The van der Waals surface area contributed by atoms with Gasteiger partial charge in [0.2, 0.25) is 0 Å². The fraction of sp³-hybridized carbons (Fsp3) is 0.550. The monoisotopic (exact) mass is 470 g/mol. The molecule has 144 valence electrons. The lowest BCUT2D eigenvalue weighted by Crippen LogP contribution is -2.41. The smallest absolute Gasteiger partial charge is 0.193 e. The van der Waals surface area contributed by atoms with Crippen molar-refractivity contribution in [2.24, 2.45) is 10.9 Å². The van der Waals surface area contributed by atoms with Crippen molar-refractivity contribution in [3.63, 3.8) is 0 Å². The highest BCUT2D eigenvalue weighted by Crippen LogP contribution is 2.28. The number of para-hydroxylation sites is 1. The second-order valence-electron chi connectivity index (χ2n) is 6.84. The summed E-state index contributed by atoms with van der Waals surface area (Å²) in [5, 5.41) is 4.75. The lowest BCUT2D eigenvalue weighted by molar-refractivity contribution is 0.115. The van der Waals surface area contributed by atoms with Gasteiger partial charge in [-0.2, -0.15) is 0 Å². The Kier molecular flexibility index (Phi) is 8.71.